The topological polar surface area (TPSA) is 36.4 Å². The summed E-state index contributed by atoms with van der Waals surface area (Å²) >= 11 is 7.76. The Kier molecular flexibility index (Phi) is 6.20. The van der Waals surface area contributed by atoms with Crippen molar-refractivity contribution in [3.63, 3.8) is 0 Å². The number of guanidine groups is 1. The number of hydrogen-bond donors (Lipinski definition) is 2. The van der Waals surface area contributed by atoms with Crippen LogP contribution in [-0.4, -0.2) is 36.1 Å². The number of thioether (sulfide) groups is 1. The van der Waals surface area contributed by atoms with Crippen LogP contribution in [0.15, 0.2) is 16.6 Å². The van der Waals surface area contributed by atoms with Crippen LogP contribution < -0.4 is 10.6 Å². The molecule has 0 aromatic rings. The van der Waals surface area contributed by atoms with Crippen LogP contribution in [0.2, 0.25) is 0 Å². The van der Waals surface area contributed by atoms with Crippen LogP contribution in [0.3, 0.4) is 0 Å². The van der Waals surface area contributed by atoms with Crippen LogP contribution >= 0.6 is 23.4 Å². The summed E-state index contributed by atoms with van der Waals surface area (Å²) in [5.41, 5.74) is 0. The smallest absolute Gasteiger partial charge is 0.191 e. The third kappa shape index (κ3) is 5.68. The van der Waals surface area contributed by atoms with Gasteiger partial charge in [0.2, 0.25) is 0 Å². The molecule has 1 fully saturated rings. The standard InChI is InChI=1S/C12H22ClN3S/c1-4-14-11(15-8-10(2)13)16-9-12(3)6-5-7-17-12/h2,4-9H2,1,3H3,(H2,14,15,16). The third-order valence-electron chi connectivity index (χ3n) is 2.66. The lowest BCUT2D eigenvalue weighted by Gasteiger charge is -2.20. The predicted molar refractivity (Wildman–Crippen MR) is 79.1 cm³/mol. The lowest BCUT2D eigenvalue weighted by atomic mass is 10.1. The summed E-state index contributed by atoms with van der Waals surface area (Å²) < 4.78 is 0.306. The summed E-state index contributed by atoms with van der Waals surface area (Å²) in [6, 6.07) is 0. The van der Waals surface area contributed by atoms with Crippen molar-refractivity contribution in [2.45, 2.75) is 31.4 Å². The SMILES string of the molecule is C=C(Cl)CNC(=NCC1(C)CCCS1)NCC. The highest BCUT2D eigenvalue weighted by molar-refractivity contribution is 8.00. The minimum absolute atomic E-state index is 0.306. The lowest BCUT2D eigenvalue weighted by molar-refractivity contribution is 0.615. The molecular formula is C12H22ClN3S. The minimum Gasteiger partial charge on any atom is -0.357 e. The summed E-state index contributed by atoms with van der Waals surface area (Å²) in [7, 11) is 0. The first kappa shape index (κ1) is 14.7. The maximum absolute atomic E-state index is 5.73. The number of rotatable bonds is 5. The first-order valence-electron chi connectivity index (χ1n) is 6.05. The molecular weight excluding hydrogens is 254 g/mol. The molecule has 98 valence electrons. The van der Waals surface area contributed by atoms with Gasteiger partial charge in [0.25, 0.3) is 0 Å². The van der Waals surface area contributed by atoms with E-state index in [9.17, 15) is 0 Å². The Bertz CT molecular complexity index is 285. The molecule has 1 aliphatic heterocycles. The second-order valence-corrected chi connectivity index (χ2v) is 6.68. The van der Waals surface area contributed by atoms with Gasteiger partial charge in [0.05, 0.1) is 13.1 Å². The van der Waals surface area contributed by atoms with Crippen molar-refractivity contribution in [3.05, 3.63) is 11.6 Å². The highest BCUT2D eigenvalue weighted by Gasteiger charge is 2.29. The van der Waals surface area contributed by atoms with Gasteiger partial charge in [-0.05, 0) is 32.4 Å². The fraction of sp³-hybridized carbons (Fsp3) is 0.750. The molecule has 0 aromatic heterocycles. The number of hydrogen-bond acceptors (Lipinski definition) is 2. The van der Waals surface area contributed by atoms with Gasteiger partial charge in [0, 0.05) is 16.3 Å². The van der Waals surface area contributed by atoms with E-state index in [1.807, 2.05) is 11.8 Å². The molecule has 0 saturated carbocycles. The molecule has 1 unspecified atom stereocenters. The molecule has 0 bridgehead atoms. The van der Waals surface area contributed by atoms with Gasteiger partial charge in [-0.25, -0.2) is 0 Å². The van der Waals surface area contributed by atoms with E-state index in [1.54, 1.807) is 0 Å². The van der Waals surface area contributed by atoms with Gasteiger partial charge >= 0.3 is 0 Å². The summed E-state index contributed by atoms with van der Waals surface area (Å²) in [6.07, 6.45) is 2.56. The van der Waals surface area contributed by atoms with Crippen molar-refractivity contribution in [2.75, 3.05) is 25.4 Å². The molecule has 1 aliphatic rings. The number of aliphatic imine (C=N–C) groups is 1. The fourth-order valence-corrected chi connectivity index (χ4v) is 3.02. The Morgan fingerprint density at radius 3 is 2.82 bits per heavy atom. The van der Waals surface area contributed by atoms with Crippen LogP contribution in [0.25, 0.3) is 0 Å². The average molecular weight is 276 g/mol. The second kappa shape index (κ2) is 7.17. The Labute approximate surface area is 113 Å². The van der Waals surface area contributed by atoms with Gasteiger partial charge in [0.1, 0.15) is 0 Å². The van der Waals surface area contributed by atoms with Gasteiger partial charge in [-0.1, -0.05) is 18.2 Å². The molecule has 0 amide bonds. The van der Waals surface area contributed by atoms with E-state index in [2.05, 4.69) is 36.1 Å². The molecule has 1 atom stereocenters. The van der Waals surface area contributed by atoms with E-state index in [-0.39, 0.29) is 0 Å². The third-order valence-corrected chi connectivity index (χ3v) is 4.32. The molecule has 1 heterocycles. The van der Waals surface area contributed by atoms with E-state index in [0.717, 1.165) is 19.0 Å². The Morgan fingerprint density at radius 2 is 2.29 bits per heavy atom. The molecule has 3 nitrogen and oxygen atoms in total. The molecule has 1 saturated heterocycles. The van der Waals surface area contributed by atoms with Crippen molar-refractivity contribution in [2.24, 2.45) is 4.99 Å². The second-order valence-electron chi connectivity index (χ2n) is 4.47. The molecule has 0 spiro atoms. The van der Waals surface area contributed by atoms with Gasteiger partial charge in [-0.15, -0.1) is 0 Å². The van der Waals surface area contributed by atoms with E-state index in [1.165, 1.54) is 18.6 Å². The monoisotopic (exact) mass is 275 g/mol. The molecule has 0 radical (unpaired) electrons. The quantitative estimate of drug-likeness (QED) is 0.598. The largest absolute Gasteiger partial charge is 0.357 e. The summed E-state index contributed by atoms with van der Waals surface area (Å²) in [5.74, 6) is 2.08. The highest BCUT2D eigenvalue weighted by Crippen LogP contribution is 2.37. The lowest BCUT2D eigenvalue weighted by Crippen LogP contribution is -2.39. The van der Waals surface area contributed by atoms with Crippen molar-refractivity contribution in [3.8, 4) is 0 Å². The Hall–Kier alpha value is -0.350. The molecule has 2 N–H and O–H groups in total. The first-order chi connectivity index (χ1) is 8.06. The molecule has 0 aromatic carbocycles. The number of nitrogens with one attached hydrogen (secondary N) is 2. The van der Waals surface area contributed by atoms with Crippen molar-refractivity contribution < 1.29 is 0 Å². The van der Waals surface area contributed by atoms with Crippen LogP contribution in [0.4, 0.5) is 0 Å². The fourth-order valence-electron chi connectivity index (χ4n) is 1.73. The van der Waals surface area contributed by atoms with Gasteiger partial charge in [-0.3, -0.25) is 4.99 Å². The molecule has 17 heavy (non-hydrogen) atoms. The summed E-state index contributed by atoms with van der Waals surface area (Å²) in [4.78, 5) is 4.61. The van der Waals surface area contributed by atoms with E-state index < -0.39 is 0 Å². The molecule has 5 heteroatoms. The Balaban J connectivity index is 2.47. The molecule has 1 rings (SSSR count). The number of nitrogens with zero attached hydrogens (tertiary/aromatic N) is 1. The van der Waals surface area contributed by atoms with E-state index in [4.69, 9.17) is 11.6 Å². The zero-order valence-electron chi connectivity index (χ0n) is 10.7. The summed E-state index contributed by atoms with van der Waals surface area (Å²) in [6.45, 7) is 10.3. The highest BCUT2D eigenvalue weighted by atomic mass is 35.5. The molecule has 0 aliphatic carbocycles. The Morgan fingerprint density at radius 1 is 1.53 bits per heavy atom. The maximum Gasteiger partial charge on any atom is 0.191 e. The first-order valence-corrected chi connectivity index (χ1v) is 7.41. The average Bonchev–Trinajstić information content (AvgIpc) is 2.70. The van der Waals surface area contributed by atoms with Crippen LogP contribution in [0.1, 0.15) is 26.7 Å². The minimum atomic E-state index is 0.306. The van der Waals surface area contributed by atoms with E-state index in [0.29, 0.717) is 16.3 Å². The van der Waals surface area contributed by atoms with Gasteiger partial charge in [-0.2, -0.15) is 11.8 Å². The van der Waals surface area contributed by atoms with Crippen LogP contribution in [0.5, 0.6) is 0 Å². The normalized spacial score (nSPS) is 24.8. The maximum atomic E-state index is 5.73. The zero-order chi connectivity index (χ0) is 12.7. The predicted octanol–water partition coefficient (Wildman–Crippen LogP) is 2.58. The number of halogens is 1. The summed E-state index contributed by atoms with van der Waals surface area (Å²) in [5, 5.41) is 6.96. The van der Waals surface area contributed by atoms with Crippen LogP contribution in [0, 0.1) is 0 Å². The van der Waals surface area contributed by atoms with Gasteiger partial charge in [0.15, 0.2) is 5.96 Å². The van der Waals surface area contributed by atoms with Crippen molar-refractivity contribution >= 4 is 29.3 Å². The van der Waals surface area contributed by atoms with Crippen LogP contribution in [-0.2, 0) is 0 Å². The van der Waals surface area contributed by atoms with Crippen molar-refractivity contribution in [1.29, 1.82) is 0 Å². The zero-order valence-corrected chi connectivity index (χ0v) is 12.3. The van der Waals surface area contributed by atoms with Crippen molar-refractivity contribution in [1.82, 2.24) is 10.6 Å². The van der Waals surface area contributed by atoms with E-state index >= 15 is 0 Å². The van der Waals surface area contributed by atoms with Gasteiger partial charge < -0.3 is 10.6 Å².